The molecule has 0 aromatic heterocycles. The SMILES string of the molecule is CCN(C(=O)c1ccc(NCC(=O)NCC2CCCO2)cc1)c1ccccc1. The Labute approximate surface area is 165 Å². The Balaban J connectivity index is 1.51. The Morgan fingerprint density at radius 3 is 2.50 bits per heavy atom. The number of nitrogens with zero attached hydrogens (tertiary/aromatic N) is 1. The summed E-state index contributed by atoms with van der Waals surface area (Å²) in [5.74, 6) is -0.119. The zero-order valence-corrected chi connectivity index (χ0v) is 16.2. The van der Waals surface area contributed by atoms with Crippen molar-refractivity contribution in [3.8, 4) is 0 Å². The van der Waals surface area contributed by atoms with Crippen LogP contribution in [0.25, 0.3) is 0 Å². The van der Waals surface area contributed by atoms with Crippen LogP contribution < -0.4 is 15.5 Å². The van der Waals surface area contributed by atoms with E-state index in [1.165, 1.54) is 0 Å². The van der Waals surface area contributed by atoms with Gasteiger partial charge in [-0.25, -0.2) is 0 Å². The number of para-hydroxylation sites is 1. The fraction of sp³-hybridized carbons (Fsp3) is 0.364. The molecule has 6 nitrogen and oxygen atoms in total. The quantitative estimate of drug-likeness (QED) is 0.737. The van der Waals surface area contributed by atoms with E-state index in [2.05, 4.69) is 10.6 Å². The van der Waals surface area contributed by atoms with Crippen LogP contribution in [0.5, 0.6) is 0 Å². The van der Waals surface area contributed by atoms with Gasteiger partial charge in [0.25, 0.3) is 5.91 Å². The van der Waals surface area contributed by atoms with E-state index < -0.39 is 0 Å². The summed E-state index contributed by atoms with van der Waals surface area (Å²) in [6, 6.07) is 16.8. The van der Waals surface area contributed by atoms with Crippen LogP contribution in [-0.4, -0.2) is 44.2 Å². The Hall–Kier alpha value is -2.86. The van der Waals surface area contributed by atoms with Gasteiger partial charge in [0, 0.05) is 36.6 Å². The molecule has 1 aliphatic rings. The summed E-state index contributed by atoms with van der Waals surface area (Å²) in [6.45, 7) is 4.07. The van der Waals surface area contributed by atoms with Gasteiger partial charge in [-0.05, 0) is 56.2 Å². The second-order valence-corrected chi connectivity index (χ2v) is 6.75. The topological polar surface area (TPSA) is 70.7 Å². The van der Waals surface area contributed by atoms with E-state index in [0.717, 1.165) is 30.8 Å². The van der Waals surface area contributed by atoms with E-state index in [1.807, 2.05) is 49.4 Å². The summed E-state index contributed by atoms with van der Waals surface area (Å²) in [7, 11) is 0. The van der Waals surface area contributed by atoms with Crippen LogP contribution in [0.1, 0.15) is 30.1 Å². The molecule has 6 heteroatoms. The summed E-state index contributed by atoms with van der Waals surface area (Å²) in [5, 5.41) is 5.96. The second-order valence-electron chi connectivity index (χ2n) is 6.75. The maximum Gasteiger partial charge on any atom is 0.258 e. The van der Waals surface area contributed by atoms with Crippen LogP contribution >= 0.6 is 0 Å². The minimum absolute atomic E-state index is 0.0467. The number of benzene rings is 2. The highest BCUT2D eigenvalue weighted by Crippen LogP contribution is 2.18. The molecule has 1 aliphatic heterocycles. The average molecular weight is 381 g/mol. The number of anilines is 2. The average Bonchev–Trinajstić information content (AvgIpc) is 3.26. The molecule has 0 aliphatic carbocycles. The second kappa shape index (κ2) is 9.90. The number of hydrogen-bond donors (Lipinski definition) is 2. The molecule has 0 bridgehead atoms. The number of ether oxygens (including phenoxy) is 1. The molecule has 0 spiro atoms. The van der Waals surface area contributed by atoms with Crippen LogP contribution in [0.15, 0.2) is 54.6 Å². The van der Waals surface area contributed by atoms with Crippen LogP contribution in [0.2, 0.25) is 0 Å². The minimum Gasteiger partial charge on any atom is -0.376 e. The van der Waals surface area contributed by atoms with E-state index in [0.29, 0.717) is 18.7 Å². The highest BCUT2D eigenvalue weighted by Gasteiger charge is 2.17. The van der Waals surface area contributed by atoms with Crippen molar-refractivity contribution in [3.63, 3.8) is 0 Å². The summed E-state index contributed by atoms with van der Waals surface area (Å²) in [6.07, 6.45) is 2.20. The predicted octanol–water partition coefficient (Wildman–Crippen LogP) is 3.06. The van der Waals surface area contributed by atoms with Crippen molar-refractivity contribution in [2.75, 3.05) is 36.5 Å². The molecule has 3 rings (SSSR count). The number of amides is 2. The zero-order valence-electron chi connectivity index (χ0n) is 16.2. The molecule has 2 N–H and O–H groups in total. The Morgan fingerprint density at radius 2 is 1.86 bits per heavy atom. The van der Waals surface area contributed by atoms with Gasteiger partial charge in [0.05, 0.1) is 12.6 Å². The number of carbonyl (C=O) groups excluding carboxylic acids is 2. The fourth-order valence-corrected chi connectivity index (χ4v) is 3.22. The maximum atomic E-state index is 12.8. The summed E-state index contributed by atoms with van der Waals surface area (Å²) >= 11 is 0. The van der Waals surface area contributed by atoms with Crippen molar-refractivity contribution in [2.24, 2.45) is 0 Å². The molecule has 28 heavy (non-hydrogen) atoms. The molecule has 1 saturated heterocycles. The van der Waals surface area contributed by atoms with Crippen molar-refractivity contribution in [1.82, 2.24) is 5.32 Å². The third-order valence-corrected chi connectivity index (χ3v) is 4.77. The Bertz CT molecular complexity index is 771. The number of carbonyl (C=O) groups is 2. The summed E-state index contributed by atoms with van der Waals surface area (Å²) in [4.78, 5) is 26.5. The van der Waals surface area contributed by atoms with E-state index in [9.17, 15) is 9.59 Å². The number of hydrogen-bond acceptors (Lipinski definition) is 4. The predicted molar refractivity (Wildman–Crippen MR) is 111 cm³/mol. The molecule has 1 heterocycles. The molecule has 1 fully saturated rings. The molecule has 148 valence electrons. The van der Waals surface area contributed by atoms with Crippen molar-refractivity contribution in [3.05, 3.63) is 60.2 Å². The van der Waals surface area contributed by atoms with Gasteiger partial charge in [-0.2, -0.15) is 0 Å². The van der Waals surface area contributed by atoms with Gasteiger partial charge in [-0.3, -0.25) is 9.59 Å². The van der Waals surface area contributed by atoms with E-state index >= 15 is 0 Å². The molecule has 0 saturated carbocycles. The normalized spacial score (nSPS) is 15.8. The number of nitrogens with one attached hydrogen (secondary N) is 2. The first-order valence-corrected chi connectivity index (χ1v) is 9.76. The molecule has 2 aromatic rings. The Kier molecular flexibility index (Phi) is 7.03. The van der Waals surface area contributed by atoms with Gasteiger partial charge in [-0.15, -0.1) is 0 Å². The highest BCUT2D eigenvalue weighted by atomic mass is 16.5. The van der Waals surface area contributed by atoms with Crippen molar-refractivity contribution in [1.29, 1.82) is 0 Å². The summed E-state index contributed by atoms with van der Waals surface area (Å²) < 4.78 is 5.49. The van der Waals surface area contributed by atoms with Gasteiger partial charge in [0.1, 0.15) is 0 Å². The van der Waals surface area contributed by atoms with Gasteiger partial charge in [-0.1, -0.05) is 18.2 Å². The monoisotopic (exact) mass is 381 g/mol. The molecule has 1 unspecified atom stereocenters. The molecular weight excluding hydrogens is 354 g/mol. The third-order valence-electron chi connectivity index (χ3n) is 4.77. The smallest absolute Gasteiger partial charge is 0.258 e. The van der Waals surface area contributed by atoms with Crippen molar-refractivity contribution >= 4 is 23.2 Å². The van der Waals surface area contributed by atoms with Crippen molar-refractivity contribution in [2.45, 2.75) is 25.9 Å². The van der Waals surface area contributed by atoms with E-state index in [4.69, 9.17) is 4.74 Å². The number of rotatable bonds is 8. The standard InChI is InChI=1S/C22H27N3O3/c1-2-25(19-7-4-3-5-8-19)22(27)17-10-12-18(13-11-17)23-16-21(26)24-15-20-9-6-14-28-20/h3-5,7-8,10-13,20,23H,2,6,9,14-16H2,1H3,(H,24,26). The maximum absolute atomic E-state index is 12.8. The summed E-state index contributed by atoms with van der Waals surface area (Å²) in [5.41, 5.74) is 2.28. The molecule has 0 radical (unpaired) electrons. The van der Waals surface area contributed by atoms with E-state index in [-0.39, 0.29) is 24.5 Å². The lowest BCUT2D eigenvalue weighted by Gasteiger charge is -2.21. The third kappa shape index (κ3) is 5.33. The first-order chi connectivity index (χ1) is 13.7. The van der Waals surface area contributed by atoms with Crippen LogP contribution in [0.4, 0.5) is 11.4 Å². The first-order valence-electron chi connectivity index (χ1n) is 9.76. The van der Waals surface area contributed by atoms with Crippen LogP contribution in [-0.2, 0) is 9.53 Å². The van der Waals surface area contributed by atoms with Gasteiger partial charge < -0.3 is 20.3 Å². The fourth-order valence-electron chi connectivity index (χ4n) is 3.22. The lowest BCUT2D eigenvalue weighted by atomic mass is 10.1. The Morgan fingerprint density at radius 1 is 1.11 bits per heavy atom. The lowest BCUT2D eigenvalue weighted by molar-refractivity contribution is -0.119. The van der Waals surface area contributed by atoms with Gasteiger partial charge >= 0.3 is 0 Å². The zero-order chi connectivity index (χ0) is 19.8. The molecule has 1 atom stereocenters. The highest BCUT2D eigenvalue weighted by molar-refractivity contribution is 6.06. The first kappa shape index (κ1) is 19.9. The molecule has 2 amide bonds. The van der Waals surface area contributed by atoms with Gasteiger partial charge in [0.2, 0.25) is 5.91 Å². The molecule has 2 aromatic carbocycles. The van der Waals surface area contributed by atoms with Crippen molar-refractivity contribution < 1.29 is 14.3 Å². The van der Waals surface area contributed by atoms with Crippen LogP contribution in [0, 0.1) is 0 Å². The van der Waals surface area contributed by atoms with Crippen LogP contribution in [0.3, 0.4) is 0 Å². The minimum atomic E-state index is -0.0723. The lowest BCUT2D eigenvalue weighted by Crippen LogP contribution is -2.35. The molecular formula is C22H27N3O3. The largest absolute Gasteiger partial charge is 0.376 e. The van der Waals surface area contributed by atoms with Gasteiger partial charge in [0.15, 0.2) is 0 Å². The van der Waals surface area contributed by atoms with E-state index in [1.54, 1.807) is 17.0 Å².